The van der Waals surface area contributed by atoms with E-state index in [1.165, 1.54) is 18.2 Å². The van der Waals surface area contributed by atoms with Crippen molar-refractivity contribution in [2.45, 2.75) is 13.3 Å². The summed E-state index contributed by atoms with van der Waals surface area (Å²) in [6.07, 6.45) is 4.59. The maximum Gasteiger partial charge on any atom is 0.319 e. The lowest BCUT2D eigenvalue weighted by atomic mass is 10.3. The highest BCUT2D eigenvalue weighted by Gasteiger charge is 2.07. The van der Waals surface area contributed by atoms with E-state index < -0.39 is 4.92 Å². The van der Waals surface area contributed by atoms with E-state index in [-0.39, 0.29) is 11.7 Å². The molecule has 0 aliphatic heterocycles. The Balaban J connectivity index is 2.49. The number of nitro groups is 1. The first-order valence-corrected chi connectivity index (χ1v) is 5.54. The summed E-state index contributed by atoms with van der Waals surface area (Å²) in [6.45, 7) is 2.42. The lowest BCUT2D eigenvalue weighted by molar-refractivity contribution is -0.384. The monoisotopic (exact) mass is 249 g/mol. The maximum atomic E-state index is 11.4. The summed E-state index contributed by atoms with van der Waals surface area (Å²) in [5.74, 6) is 0. The summed E-state index contributed by atoms with van der Waals surface area (Å²) in [4.78, 5) is 21.5. The second-order valence-corrected chi connectivity index (χ2v) is 3.55. The molecule has 0 aliphatic rings. The molecule has 0 heterocycles. The van der Waals surface area contributed by atoms with Gasteiger partial charge in [0.05, 0.1) is 4.92 Å². The summed E-state index contributed by atoms with van der Waals surface area (Å²) in [7, 11) is 0. The maximum absolute atomic E-state index is 11.4. The minimum absolute atomic E-state index is 0.0540. The Kier molecular flexibility index (Phi) is 5.37. The molecule has 0 fully saturated rings. The van der Waals surface area contributed by atoms with E-state index in [1.807, 2.05) is 19.1 Å². The Morgan fingerprint density at radius 1 is 1.50 bits per heavy atom. The highest BCUT2D eigenvalue weighted by molar-refractivity contribution is 5.89. The van der Waals surface area contributed by atoms with Crippen molar-refractivity contribution in [3.8, 4) is 0 Å². The highest BCUT2D eigenvalue weighted by Crippen LogP contribution is 2.16. The number of non-ortho nitro benzene ring substituents is 1. The first-order chi connectivity index (χ1) is 8.63. The lowest BCUT2D eigenvalue weighted by Gasteiger charge is -2.06. The van der Waals surface area contributed by atoms with Crippen LogP contribution in [0, 0.1) is 10.1 Å². The van der Waals surface area contributed by atoms with Crippen molar-refractivity contribution in [2.24, 2.45) is 0 Å². The number of carbonyl (C=O) groups is 1. The van der Waals surface area contributed by atoms with Gasteiger partial charge >= 0.3 is 6.03 Å². The third kappa shape index (κ3) is 4.65. The number of allylic oxidation sites excluding steroid dienone is 1. The minimum atomic E-state index is -0.505. The number of hydrogen-bond acceptors (Lipinski definition) is 3. The topological polar surface area (TPSA) is 84.3 Å². The van der Waals surface area contributed by atoms with Crippen molar-refractivity contribution in [1.29, 1.82) is 0 Å². The molecule has 0 unspecified atom stereocenters. The largest absolute Gasteiger partial charge is 0.338 e. The van der Waals surface area contributed by atoms with E-state index in [2.05, 4.69) is 10.6 Å². The number of benzene rings is 1. The van der Waals surface area contributed by atoms with Crippen LogP contribution < -0.4 is 10.6 Å². The normalized spacial score (nSPS) is 10.3. The van der Waals surface area contributed by atoms with Gasteiger partial charge in [-0.3, -0.25) is 10.1 Å². The van der Waals surface area contributed by atoms with Crippen LogP contribution in [0.4, 0.5) is 16.2 Å². The van der Waals surface area contributed by atoms with Gasteiger partial charge in [0.2, 0.25) is 0 Å². The molecule has 0 bridgehead atoms. The zero-order valence-electron chi connectivity index (χ0n) is 10.1. The molecule has 0 aromatic heterocycles. The van der Waals surface area contributed by atoms with E-state index in [0.29, 0.717) is 12.2 Å². The van der Waals surface area contributed by atoms with Gasteiger partial charge in [-0.1, -0.05) is 18.2 Å². The number of rotatable bonds is 5. The standard InChI is InChI=1S/C12H15N3O3/c1-2-3-4-8-13-12(16)14-10-6-5-7-11(9-10)15(17)18/h2-3,5-7,9H,4,8H2,1H3,(H2,13,14,16)/b3-2+. The highest BCUT2D eigenvalue weighted by atomic mass is 16.6. The SMILES string of the molecule is C/C=C/CCNC(=O)Nc1cccc([N+](=O)[O-])c1. The molecule has 0 saturated carbocycles. The van der Waals surface area contributed by atoms with Crippen LogP contribution in [0.2, 0.25) is 0 Å². The molecule has 0 aliphatic carbocycles. The van der Waals surface area contributed by atoms with Gasteiger partial charge in [0.15, 0.2) is 0 Å². The van der Waals surface area contributed by atoms with Crippen LogP contribution in [0.5, 0.6) is 0 Å². The van der Waals surface area contributed by atoms with Crippen LogP contribution in [0.25, 0.3) is 0 Å². The second-order valence-electron chi connectivity index (χ2n) is 3.55. The van der Waals surface area contributed by atoms with E-state index in [0.717, 1.165) is 6.42 Å². The van der Waals surface area contributed by atoms with Gasteiger partial charge in [-0.25, -0.2) is 4.79 Å². The fourth-order valence-electron chi connectivity index (χ4n) is 1.31. The second kappa shape index (κ2) is 7.05. The van der Waals surface area contributed by atoms with Gasteiger partial charge in [0, 0.05) is 24.4 Å². The molecular weight excluding hydrogens is 234 g/mol. The lowest BCUT2D eigenvalue weighted by Crippen LogP contribution is -2.29. The summed E-state index contributed by atoms with van der Waals surface area (Å²) >= 11 is 0. The molecule has 1 aromatic rings. The average molecular weight is 249 g/mol. The van der Waals surface area contributed by atoms with Gasteiger partial charge in [-0.05, 0) is 19.4 Å². The molecule has 1 aromatic carbocycles. The van der Waals surface area contributed by atoms with Crippen LogP contribution >= 0.6 is 0 Å². The number of nitro benzene ring substituents is 1. The molecule has 96 valence electrons. The molecule has 0 radical (unpaired) electrons. The molecule has 0 spiro atoms. The predicted molar refractivity (Wildman–Crippen MR) is 69.5 cm³/mol. The van der Waals surface area contributed by atoms with Gasteiger partial charge in [-0.15, -0.1) is 0 Å². The molecule has 6 nitrogen and oxygen atoms in total. The predicted octanol–water partition coefficient (Wildman–Crippen LogP) is 2.68. The van der Waals surface area contributed by atoms with Crippen molar-refractivity contribution in [1.82, 2.24) is 5.32 Å². The number of anilines is 1. The van der Waals surface area contributed by atoms with Crippen molar-refractivity contribution in [2.75, 3.05) is 11.9 Å². The summed E-state index contributed by atoms with van der Waals surface area (Å²) in [5.41, 5.74) is 0.342. The van der Waals surface area contributed by atoms with Crippen LogP contribution in [0.15, 0.2) is 36.4 Å². The molecule has 2 N–H and O–H groups in total. The quantitative estimate of drug-likeness (QED) is 0.364. The Labute approximate surface area is 105 Å². The minimum Gasteiger partial charge on any atom is -0.338 e. The fourth-order valence-corrected chi connectivity index (χ4v) is 1.31. The summed E-state index contributed by atoms with van der Waals surface area (Å²) < 4.78 is 0. The van der Waals surface area contributed by atoms with Crippen LogP contribution in [0.3, 0.4) is 0 Å². The first-order valence-electron chi connectivity index (χ1n) is 5.54. The van der Waals surface area contributed by atoms with Crippen molar-refractivity contribution in [3.05, 3.63) is 46.5 Å². The number of amides is 2. The Hall–Kier alpha value is -2.37. The molecule has 18 heavy (non-hydrogen) atoms. The smallest absolute Gasteiger partial charge is 0.319 e. The van der Waals surface area contributed by atoms with Gasteiger partial charge in [-0.2, -0.15) is 0 Å². The van der Waals surface area contributed by atoms with Crippen LogP contribution in [0.1, 0.15) is 13.3 Å². The molecule has 1 rings (SSSR count). The third-order valence-electron chi connectivity index (χ3n) is 2.15. The van der Waals surface area contributed by atoms with E-state index in [1.54, 1.807) is 6.07 Å². The molecule has 2 amide bonds. The third-order valence-corrected chi connectivity index (χ3v) is 2.15. The van der Waals surface area contributed by atoms with Gasteiger partial charge in [0.25, 0.3) is 5.69 Å². The van der Waals surface area contributed by atoms with Crippen LogP contribution in [-0.4, -0.2) is 17.5 Å². The summed E-state index contributed by atoms with van der Waals surface area (Å²) in [5, 5.41) is 15.7. The first kappa shape index (κ1) is 13.7. The van der Waals surface area contributed by atoms with Crippen molar-refractivity contribution < 1.29 is 9.72 Å². The number of nitrogens with one attached hydrogen (secondary N) is 2. The van der Waals surface area contributed by atoms with Gasteiger partial charge in [0.1, 0.15) is 0 Å². The zero-order valence-corrected chi connectivity index (χ0v) is 10.1. The van der Waals surface area contributed by atoms with Crippen LogP contribution in [-0.2, 0) is 0 Å². The zero-order chi connectivity index (χ0) is 13.4. The number of hydrogen-bond donors (Lipinski definition) is 2. The Morgan fingerprint density at radius 3 is 2.94 bits per heavy atom. The molecule has 0 atom stereocenters. The average Bonchev–Trinajstić information content (AvgIpc) is 2.35. The van der Waals surface area contributed by atoms with Crippen molar-refractivity contribution in [3.63, 3.8) is 0 Å². The number of nitrogens with zero attached hydrogens (tertiary/aromatic N) is 1. The molecular formula is C12H15N3O3. The van der Waals surface area contributed by atoms with E-state index in [4.69, 9.17) is 0 Å². The van der Waals surface area contributed by atoms with E-state index in [9.17, 15) is 14.9 Å². The number of carbonyl (C=O) groups excluding carboxylic acids is 1. The van der Waals surface area contributed by atoms with Gasteiger partial charge < -0.3 is 10.6 Å². The Morgan fingerprint density at radius 2 is 2.28 bits per heavy atom. The Bertz CT molecular complexity index is 458. The molecule has 6 heteroatoms. The molecule has 0 saturated heterocycles. The van der Waals surface area contributed by atoms with E-state index >= 15 is 0 Å². The fraction of sp³-hybridized carbons (Fsp3) is 0.250. The number of urea groups is 1. The van der Waals surface area contributed by atoms with Crippen molar-refractivity contribution >= 4 is 17.4 Å². The summed E-state index contributed by atoms with van der Waals surface area (Å²) in [6, 6.07) is 5.42.